The van der Waals surface area contributed by atoms with Gasteiger partial charge in [-0.3, -0.25) is 0 Å². The number of nitrogens with one attached hydrogen (secondary N) is 1. The van der Waals surface area contributed by atoms with E-state index in [9.17, 15) is 0 Å². The lowest BCUT2D eigenvalue weighted by atomic mass is 10.3. The summed E-state index contributed by atoms with van der Waals surface area (Å²) in [4.78, 5) is 0. The predicted molar refractivity (Wildman–Crippen MR) is 85.4 cm³/mol. The zero-order chi connectivity index (χ0) is 13.6. The molecule has 0 saturated carbocycles. The highest BCUT2D eigenvalue weighted by molar-refractivity contribution is 5.58. The fraction of sp³-hybridized carbons (Fsp3) is 0.0526. The largest absolute Gasteiger partial charge is 0.356 e. The molecule has 0 radical (unpaired) electrons. The van der Waals surface area contributed by atoms with Crippen molar-refractivity contribution in [3.63, 3.8) is 0 Å². The first-order valence-electron chi connectivity index (χ1n) is 6.86. The molecule has 0 saturated heterocycles. The summed E-state index contributed by atoms with van der Waals surface area (Å²) in [5, 5.41) is 3.30. The van der Waals surface area contributed by atoms with Gasteiger partial charge in [0.15, 0.2) is 0 Å². The Morgan fingerprint density at radius 1 is 0.500 bits per heavy atom. The molecule has 0 spiro atoms. The lowest BCUT2D eigenvalue weighted by Gasteiger charge is -2.04. The van der Waals surface area contributed by atoms with Crippen molar-refractivity contribution in [2.75, 3.05) is 5.32 Å². The molecule has 98 valence electrons. The summed E-state index contributed by atoms with van der Waals surface area (Å²) in [5.74, 6) is 0. The summed E-state index contributed by atoms with van der Waals surface area (Å²) in [6.45, 7) is 0. The van der Waals surface area contributed by atoms with E-state index in [0.717, 1.165) is 11.4 Å². The highest BCUT2D eigenvalue weighted by atomic mass is 14.9. The second kappa shape index (κ2) is 6.07. The van der Waals surface area contributed by atoms with E-state index in [-0.39, 0.29) is 0 Å². The van der Waals surface area contributed by atoms with Gasteiger partial charge in [-0.2, -0.15) is 0 Å². The standard InChI is InChI=1S/C12H11N.C7H6/c1-3-7-11(8-4-1)13-12-9-5-2-6-10-12;1-2-4-7-5-6(7)3-1/h1-10,13H;1-4H,5H2. The van der Waals surface area contributed by atoms with Gasteiger partial charge >= 0.3 is 0 Å². The second-order valence-corrected chi connectivity index (χ2v) is 4.80. The summed E-state index contributed by atoms with van der Waals surface area (Å²) < 4.78 is 0. The Labute approximate surface area is 119 Å². The van der Waals surface area contributed by atoms with Crippen LogP contribution in [0.3, 0.4) is 0 Å². The molecule has 3 aromatic rings. The molecule has 3 aromatic carbocycles. The number of hydrogen-bond acceptors (Lipinski definition) is 1. The van der Waals surface area contributed by atoms with Gasteiger partial charge in [-0.05, 0) is 41.8 Å². The van der Waals surface area contributed by atoms with Crippen molar-refractivity contribution in [3.8, 4) is 0 Å². The van der Waals surface area contributed by atoms with Crippen LogP contribution < -0.4 is 5.32 Å². The van der Waals surface area contributed by atoms with Crippen molar-refractivity contribution in [2.45, 2.75) is 6.42 Å². The number of hydrogen-bond donors (Lipinski definition) is 1. The van der Waals surface area contributed by atoms with Crippen LogP contribution in [0.1, 0.15) is 11.1 Å². The van der Waals surface area contributed by atoms with E-state index < -0.39 is 0 Å². The van der Waals surface area contributed by atoms with Gasteiger partial charge in [0.05, 0.1) is 0 Å². The first-order chi connectivity index (χ1) is 9.92. The summed E-state index contributed by atoms with van der Waals surface area (Å²) in [6.07, 6.45) is 1.24. The summed E-state index contributed by atoms with van der Waals surface area (Å²) in [7, 11) is 0. The summed E-state index contributed by atoms with van der Waals surface area (Å²) in [5.41, 5.74) is 5.30. The predicted octanol–water partition coefficient (Wildman–Crippen LogP) is 5.02. The Hall–Kier alpha value is -2.54. The van der Waals surface area contributed by atoms with Crippen molar-refractivity contribution in [2.24, 2.45) is 0 Å². The van der Waals surface area contributed by atoms with Crippen LogP contribution >= 0.6 is 0 Å². The van der Waals surface area contributed by atoms with E-state index in [4.69, 9.17) is 0 Å². The van der Waals surface area contributed by atoms with Crippen LogP contribution in [0.2, 0.25) is 0 Å². The van der Waals surface area contributed by atoms with Crippen LogP contribution in [-0.2, 0) is 6.42 Å². The Bertz CT molecular complexity index is 601. The third-order valence-electron chi connectivity index (χ3n) is 3.21. The Morgan fingerprint density at radius 3 is 1.30 bits per heavy atom. The van der Waals surface area contributed by atoms with Crippen LogP contribution in [0, 0.1) is 0 Å². The SMILES string of the molecule is c1ccc(Nc2ccccc2)cc1.c1ccc2c(c1)C2. The number of benzene rings is 3. The Kier molecular flexibility index (Phi) is 3.79. The maximum atomic E-state index is 3.30. The molecule has 20 heavy (non-hydrogen) atoms. The molecule has 1 heteroatoms. The molecule has 1 nitrogen and oxygen atoms in total. The summed E-state index contributed by atoms with van der Waals surface area (Å²) in [6, 6.07) is 28.8. The number of fused-ring (bicyclic) bond motifs is 1. The molecule has 1 N–H and O–H groups in total. The lowest BCUT2D eigenvalue weighted by molar-refractivity contribution is 1.55. The quantitative estimate of drug-likeness (QED) is 0.533. The van der Waals surface area contributed by atoms with Gasteiger partial charge in [0.25, 0.3) is 0 Å². The number of rotatable bonds is 2. The molecule has 0 aliphatic heterocycles. The van der Waals surface area contributed by atoms with E-state index in [2.05, 4.69) is 29.6 Å². The molecule has 0 amide bonds. The second-order valence-electron chi connectivity index (χ2n) is 4.80. The van der Waals surface area contributed by atoms with E-state index in [1.54, 1.807) is 0 Å². The van der Waals surface area contributed by atoms with Crippen LogP contribution in [0.4, 0.5) is 11.4 Å². The number of para-hydroxylation sites is 2. The zero-order valence-electron chi connectivity index (χ0n) is 11.3. The first kappa shape index (κ1) is 12.5. The molecule has 0 bridgehead atoms. The summed E-state index contributed by atoms with van der Waals surface area (Å²) >= 11 is 0. The van der Waals surface area contributed by atoms with Crippen molar-refractivity contribution in [1.29, 1.82) is 0 Å². The van der Waals surface area contributed by atoms with Crippen molar-refractivity contribution in [1.82, 2.24) is 0 Å². The molecule has 4 rings (SSSR count). The monoisotopic (exact) mass is 259 g/mol. The van der Waals surface area contributed by atoms with Gasteiger partial charge < -0.3 is 5.32 Å². The molecule has 0 heterocycles. The molecule has 0 aromatic heterocycles. The molecule has 0 atom stereocenters. The maximum absolute atomic E-state index is 3.30. The molecular weight excluding hydrogens is 242 g/mol. The van der Waals surface area contributed by atoms with E-state index in [1.165, 1.54) is 17.5 Å². The zero-order valence-corrected chi connectivity index (χ0v) is 11.3. The normalized spacial score (nSPS) is 10.8. The smallest absolute Gasteiger partial charge is 0.0384 e. The van der Waals surface area contributed by atoms with Crippen LogP contribution in [0.5, 0.6) is 0 Å². The topological polar surface area (TPSA) is 12.0 Å². The van der Waals surface area contributed by atoms with E-state index >= 15 is 0 Å². The fourth-order valence-corrected chi connectivity index (χ4v) is 2.05. The van der Waals surface area contributed by atoms with E-state index in [1.807, 2.05) is 60.7 Å². The van der Waals surface area contributed by atoms with Crippen LogP contribution in [0.25, 0.3) is 0 Å². The molecular formula is C19H17N. The van der Waals surface area contributed by atoms with Crippen molar-refractivity contribution < 1.29 is 0 Å². The first-order valence-corrected chi connectivity index (χ1v) is 6.86. The minimum Gasteiger partial charge on any atom is -0.356 e. The lowest BCUT2D eigenvalue weighted by Crippen LogP contribution is -1.87. The van der Waals surface area contributed by atoms with Gasteiger partial charge in [-0.1, -0.05) is 60.7 Å². The minimum absolute atomic E-state index is 1.12. The third-order valence-corrected chi connectivity index (χ3v) is 3.21. The van der Waals surface area contributed by atoms with Gasteiger partial charge in [-0.25, -0.2) is 0 Å². The molecule has 0 fully saturated rings. The molecule has 1 aliphatic carbocycles. The highest BCUT2D eigenvalue weighted by Crippen LogP contribution is 2.25. The average molecular weight is 259 g/mol. The highest BCUT2D eigenvalue weighted by Gasteiger charge is 2.12. The van der Waals surface area contributed by atoms with Crippen molar-refractivity contribution >= 4 is 11.4 Å². The van der Waals surface area contributed by atoms with Gasteiger partial charge in [0.1, 0.15) is 0 Å². The van der Waals surface area contributed by atoms with Gasteiger partial charge in [-0.15, -0.1) is 0 Å². The minimum atomic E-state index is 1.12. The van der Waals surface area contributed by atoms with E-state index in [0.29, 0.717) is 0 Å². The molecule has 1 aliphatic rings. The number of anilines is 2. The van der Waals surface area contributed by atoms with Gasteiger partial charge in [0, 0.05) is 11.4 Å². The Balaban J connectivity index is 0.000000144. The van der Waals surface area contributed by atoms with Gasteiger partial charge in [0.2, 0.25) is 0 Å². The molecule has 0 unspecified atom stereocenters. The fourth-order valence-electron chi connectivity index (χ4n) is 2.05. The third kappa shape index (κ3) is 3.48. The average Bonchev–Trinajstić information content (AvgIpc) is 3.29. The van der Waals surface area contributed by atoms with Crippen LogP contribution in [-0.4, -0.2) is 0 Å². The Morgan fingerprint density at radius 2 is 0.900 bits per heavy atom. The maximum Gasteiger partial charge on any atom is 0.0384 e. The van der Waals surface area contributed by atoms with Crippen molar-refractivity contribution in [3.05, 3.63) is 96.1 Å². The van der Waals surface area contributed by atoms with Crippen LogP contribution in [0.15, 0.2) is 84.9 Å².